The van der Waals surface area contributed by atoms with Crippen LogP contribution in [0.4, 0.5) is 10.2 Å². The van der Waals surface area contributed by atoms with E-state index in [2.05, 4.69) is 29.3 Å². The molecule has 0 spiro atoms. The van der Waals surface area contributed by atoms with Crippen LogP contribution in [0.5, 0.6) is 0 Å². The van der Waals surface area contributed by atoms with Crippen LogP contribution in [0.15, 0.2) is 36.9 Å². The molecule has 1 aliphatic heterocycles. The molecule has 1 aromatic carbocycles. The van der Waals surface area contributed by atoms with E-state index in [1.807, 2.05) is 6.92 Å². The first kappa shape index (κ1) is 16.0. The molecule has 2 aromatic heterocycles. The number of halogens is 1. The summed E-state index contributed by atoms with van der Waals surface area (Å²) in [6.07, 6.45) is 5.28. The monoisotopic (exact) mass is 340 g/mol. The molecular formula is C18H21FN6. The Morgan fingerprint density at radius 3 is 2.60 bits per heavy atom. The van der Waals surface area contributed by atoms with Crippen LogP contribution in [-0.2, 0) is 6.54 Å². The standard InChI is InChI=1S/C18H21FN6/c1-14-18(21-5-4-20-14)24-9-6-23(7-10-24)8-11-25-13-22-16-12-15(19)2-3-17(16)25/h2-5,12-13H,6-11H2,1H3. The second-order valence-corrected chi connectivity index (χ2v) is 6.37. The van der Waals surface area contributed by atoms with Gasteiger partial charge in [-0.15, -0.1) is 0 Å². The SMILES string of the molecule is Cc1nccnc1N1CCN(CCn2cnc3cc(F)ccc32)CC1. The van der Waals surface area contributed by atoms with Crippen molar-refractivity contribution in [2.24, 2.45) is 0 Å². The van der Waals surface area contributed by atoms with Crippen LogP contribution in [-0.4, -0.2) is 57.1 Å². The molecule has 0 unspecified atom stereocenters. The second-order valence-electron chi connectivity index (χ2n) is 6.37. The fourth-order valence-corrected chi connectivity index (χ4v) is 3.36. The summed E-state index contributed by atoms with van der Waals surface area (Å²) in [5.41, 5.74) is 2.67. The number of rotatable bonds is 4. The van der Waals surface area contributed by atoms with Crippen molar-refractivity contribution < 1.29 is 4.39 Å². The van der Waals surface area contributed by atoms with Crippen molar-refractivity contribution in [2.75, 3.05) is 37.6 Å². The minimum Gasteiger partial charge on any atom is -0.353 e. The van der Waals surface area contributed by atoms with Gasteiger partial charge in [-0.3, -0.25) is 9.88 Å². The van der Waals surface area contributed by atoms with Gasteiger partial charge >= 0.3 is 0 Å². The van der Waals surface area contributed by atoms with E-state index in [1.54, 1.807) is 24.8 Å². The lowest BCUT2D eigenvalue weighted by Crippen LogP contribution is -2.47. The molecule has 0 amide bonds. The normalized spacial score (nSPS) is 15.8. The highest BCUT2D eigenvalue weighted by atomic mass is 19.1. The molecule has 0 N–H and O–H groups in total. The molecule has 0 atom stereocenters. The fourth-order valence-electron chi connectivity index (χ4n) is 3.36. The number of anilines is 1. The van der Waals surface area contributed by atoms with Crippen molar-refractivity contribution >= 4 is 16.9 Å². The highest BCUT2D eigenvalue weighted by Gasteiger charge is 2.19. The maximum Gasteiger partial charge on any atom is 0.150 e. The van der Waals surface area contributed by atoms with E-state index in [-0.39, 0.29) is 5.82 Å². The van der Waals surface area contributed by atoms with Gasteiger partial charge in [-0.25, -0.2) is 14.4 Å². The van der Waals surface area contributed by atoms with Gasteiger partial charge < -0.3 is 9.47 Å². The van der Waals surface area contributed by atoms with Crippen LogP contribution < -0.4 is 4.90 Å². The van der Waals surface area contributed by atoms with E-state index in [0.29, 0.717) is 5.52 Å². The minimum absolute atomic E-state index is 0.242. The Labute approximate surface area is 145 Å². The van der Waals surface area contributed by atoms with Crippen LogP contribution in [0.1, 0.15) is 5.69 Å². The third-order valence-electron chi connectivity index (χ3n) is 4.77. The first-order valence-corrected chi connectivity index (χ1v) is 8.56. The summed E-state index contributed by atoms with van der Waals surface area (Å²) in [6, 6.07) is 4.77. The van der Waals surface area contributed by atoms with Crippen LogP contribution in [0, 0.1) is 12.7 Å². The molecule has 130 valence electrons. The first-order chi connectivity index (χ1) is 12.2. The van der Waals surface area contributed by atoms with Gasteiger partial charge in [0, 0.05) is 57.7 Å². The largest absolute Gasteiger partial charge is 0.353 e. The van der Waals surface area contributed by atoms with Crippen molar-refractivity contribution in [3.8, 4) is 0 Å². The maximum atomic E-state index is 13.3. The topological polar surface area (TPSA) is 50.1 Å². The van der Waals surface area contributed by atoms with E-state index in [1.165, 1.54) is 12.1 Å². The van der Waals surface area contributed by atoms with E-state index >= 15 is 0 Å². The van der Waals surface area contributed by atoms with E-state index in [0.717, 1.165) is 56.3 Å². The molecule has 6 nitrogen and oxygen atoms in total. The molecule has 1 aliphatic rings. The molecule has 3 aromatic rings. The predicted octanol–water partition coefficient (Wildman–Crippen LogP) is 2.10. The average Bonchev–Trinajstić information content (AvgIpc) is 3.03. The Bertz CT molecular complexity index is 869. The van der Waals surface area contributed by atoms with Crippen LogP contribution in [0.2, 0.25) is 0 Å². The summed E-state index contributed by atoms with van der Waals surface area (Å²) in [5, 5.41) is 0. The zero-order chi connectivity index (χ0) is 17.2. The van der Waals surface area contributed by atoms with Crippen molar-refractivity contribution in [2.45, 2.75) is 13.5 Å². The molecule has 7 heteroatoms. The van der Waals surface area contributed by atoms with E-state index in [9.17, 15) is 4.39 Å². The van der Waals surface area contributed by atoms with Gasteiger partial charge in [-0.2, -0.15) is 0 Å². The number of benzene rings is 1. The summed E-state index contributed by atoms with van der Waals surface area (Å²) >= 11 is 0. The smallest absolute Gasteiger partial charge is 0.150 e. The number of aromatic nitrogens is 4. The van der Waals surface area contributed by atoms with Gasteiger partial charge in [0.2, 0.25) is 0 Å². The Hall–Kier alpha value is -2.54. The molecular weight excluding hydrogens is 319 g/mol. The number of nitrogens with zero attached hydrogens (tertiary/aromatic N) is 6. The van der Waals surface area contributed by atoms with E-state index in [4.69, 9.17) is 0 Å². The maximum absolute atomic E-state index is 13.3. The molecule has 3 heterocycles. The van der Waals surface area contributed by atoms with Gasteiger partial charge in [0.15, 0.2) is 0 Å². The third kappa shape index (κ3) is 3.32. The number of imidazole rings is 1. The quantitative estimate of drug-likeness (QED) is 0.728. The molecule has 0 saturated carbocycles. The molecule has 4 rings (SSSR count). The lowest BCUT2D eigenvalue weighted by molar-refractivity contribution is 0.248. The fraction of sp³-hybridized carbons (Fsp3) is 0.389. The Morgan fingerprint density at radius 1 is 1.00 bits per heavy atom. The second kappa shape index (κ2) is 6.76. The first-order valence-electron chi connectivity index (χ1n) is 8.56. The van der Waals surface area contributed by atoms with Crippen molar-refractivity contribution in [3.05, 3.63) is 48.4 Å². The van der Waals surface area contributed by atoms with Crippen molar-refractivity contribution in [3.63, 3.8) is 0 Å². The number of piperazine rings is 1. The van der Waals surface area contributed by atoms with Crippen molar-refractivity contribution in [1.82, 2.24) is 24.4 Å². The van der Waals surface area contributed by atoms with Crippen LogP contribution in [0.3, 0.4) is 0 Å². The minimum atomic E-state index is -0.242. The van der Waals surface area contributed by atoms with Gasteiger partial charge in [0.1, 0.15) is 11.6 Å². The number of aryl methyl sites for hydroxylation is 1. The lowest BCUT2D eigenvalue weighted by Gasteiger charge is -2.35. The Balaban J connectivity index is 1.35. The van der Waals surface area contributed by atoms with E-state index < -0.39 is 0 Å². The molecule has 0 bridgehead atoms. The molecule has 25 heavy (non-hydrogen) atoms. The highest BCUT2D eigenvalue weighted by Crippen LogP contribution is 2.17. The Kier molecular flexibility index (Phi) is 4.31. The molecule has 1 saturated heterocycles. The van der Waals surface area contributed by atoms with Crippen LogP contribution in [0.25, 0.3) is 11.0 Å². The molecule has 0 radical (unpaired) electrons. The van der Waals surface area contributed by atoms with Crippen molar-refractivity contribution in [1.29, 1.82) is 0 Å². The van der Waals surface area contributed by atoms with Gasteiger partial charge in [0.05, 0.1) is 23.1 Å². The summed E-state index contributed by atoms with van der Waals surface area (Å²) in [4.78, 5) is 17.8. The zero-order valence-corrected chi connectivity index (χ0v) is 14.3. The van der Waals surface area contributed by atoms with Gasteiger partial charge in [0.25, 0.3) is 0 Å². The summed E-state index contributed by atoms with van der Waals surface area (Å²) in [5.74, 6) is 0.748. The van der Waals surface area contributed by atoms with Gasteiger partial charge in [-0.05, 0) is 19.1 Å². The van der Waals surface area contributed by atoms with Gasteiger partial charge in [-0.1, -0.05) is 0 Å². The summed E-state index contributed by atoms with van der Waals surface area (Å²) in [7, 11) is 0. The number of fused-ring (bicyclic) bond motifs is 1. The summed E-state index contributed by atoms with van der Waals surface area (Å²) in [6.45, 7) is 7.71. The predicted molar refractivity (Wildman–Crippen MR) is 95.1 cm³/mol. The molecule has 1 fully saturated rings. The molecule has 0 aliphatic carbocycles. The summed E-state index contributed by atoms with van der Waals surface area (Å²) < 4.78 is 15.3. The average molecular weight is 340 g/mol. The zero-order valence-electron chi connectivity index (χ0n) is 14.3. The number of hydrogen-bond donors (Lipinski definition) is 0. The number of hydrogen-bond acceptors (Lipinski definition) is 5. The lowest BCUT2D eigenvalue weighted by atomic mass is 10.3. The van der Waals surface area contributed by atoms with Crippen LogP contribution >= 0.6 is 0 Å². The third-order valence-corrected chi connectivity index (χ3v) is 4.77. The highest BCUT2D eigenvalue weighted by molar-refractivity contribution is 5.75. The Morgan fingerprint density at radius 2 is 1.80 bits per heavy atom.